The first kappa shape index (κ1) is 22.4. The van der Waals surface area contributed by atoms with E-state index < -0.39 is 9.20 Å². The predicted molar refractivity (Wildman–Crippen MR) is 103 cm³/mol. The largest absolute Gasteiger partial charge is 0.480 e. The Hall–Kier alpha value is 0.430. The lowest BCUT2D eigenvalue weighted by atomic mass is 10.0. The van der Waals surface area contributed by atoms with Crippen molar-refractivity contribution in [2.24, 2.45) is 0 Å². The second-order valence-corrected chi connectivity index (χ2v) is 10.1. The predicted octanol–water partition coefficient (Wildman–Crippen LogP) is 7.43. The fraction of sp³-hybridized carbons (Fsp3) is 0.944. The average Bonchev–Trinajstić information content (AvgIpc) is 2.47. The number of halogens is 2. The summed E-state index contributed by atoms with van der Waals surface area (Å²) in [6, 6.07) is 0. The molecule has 0 aliphatic rings. The van der Waals surface area contributed by atoms with Crippen LogP contribution in [0.1, 0.15) is 103 Å². The number of carboxylic acids is 1. The molecular formula is C18H34Br2O2. The minimum Gasteiger partial charge on any atom is -0.480 e. The van der Waals surface area contributed by atoms with Crippen molar-refractivity contribution in [3.8, 4) is 0 Å². The molecule has 0 aromatic carbocycles. The minimum absolute atomic E-state index is 0.639. The number of carbonyl (C=O) groups is 1. The molecule has 0 rings (SSSR count). The topological polar surface area (TPSA) is 37.3 Å². The highest BCUT2D eigenvalue weighted by atomic mass is 79.9. The third kappa shape index (κ3) is 14.0. The number of rotatable bonds is 16. The Balaban J connectivity index is 3.16. The smallest absolute Gasteiger partial charge is 0.331 e. The van der Waals surface area contributed by atoms with Gasteiger partial charge in [-0.2, -0.15) is 0 Å². The van der Waals surface area contributed by atoms with Crippen LogP contribution in [0.2, 0.25) is 0 Å². The maximum absolute atomic E-state index is 10.9. The SMILES string of the molecule is CCCCCCCCCCCCCCCCC(Br)(Br)C(=O)O. The lowest BCUT2D eigenvalue weighted by Gasteiger charge is -2.14. The Bertz CT molecular complexity index is 268. The number of unbranched alkanes of at least 4 members (excludes halogenated alkanes) is 13. The van der Waals surface area contributed by atoms with Gasteiger partial charge in [0.2, 0.25) is 0 Å². The molecule has 22 heavy (non-hydrogen) atoms. The fourth-order valence-electron chi connectivity index (χ4n) is 2.65. The maximum atomic E-state index is 10.9. The summed E-state index contributed by atoms with van der Waals surface area (Å²) in [5, 5.41) is 8.95. The van der Waals surface area contributed by atoms with E-state index in [2.05, 4.69) is 38.8 Å². The Kier molecular flexibility index (Phi) is 15.3. The van der Waals surface area contributed by atoms with Crippen molar-refractivity contribution in [1.29, 1.82) is 0 Å². The van der Waals surface area contributed by atoms with Crippen LogP contribution in [0.25, 0.3) is 0 Å². The second-order valence-electron chi connectivity index (χ2n) is 6.36. The first-order valence-electron chi connectivity index (χ1n) is 9.12. The van der Waals surface area contributed by atoms with Crippen LogP contribution in [0, 0.1) is 0 Å². The number of hydrogen-bond donors (Lipinski definition) is 1. The van der Waals surface area contributed by atoms with E-state index in [1.165, 1.54) is 77.0 Å². The third-order valence-electron chi connectivity index (χ3n) is 4.16. The van der Waals surface area contributed by atoms with E-state index in [1.807, 2.05) is 0 Å². The minimum atomic E-state index is -0.920. The maximum Gasteiger partial charge on any atom is 0.331 e. The molecule has 0 fully saturated rings. The van der Waals surface area contributed by atoms with Crippen molar-refractivity contribution in [1.82, 2.24) is 0 Å². The van der Waals surface area contributed by atoms with Gasteiger partial charge < -0.3 is 5.11 Å². The van der Waals surface area contributed by atoms with Crippen molar-refractivity contribution >= 4 is 37.8 Å². The molecule has 0 amide bonds. The lowest BCUT2D eigenvalue weighted by Crippen LogP contribution is -2.23. The van der Waals surface area contributed by atoms with E-state index in [9.17, 15) is 4.79 Å². The van der Waals surface area contributed by atoms with E-state index in [0.717, 1.165) is 12.8 Å². The zero-order valence-electron chi connectivity index (χ0n) is 14.2. The van der Waals surface area contributed by atoms with Crippen molar-refractivity contribution in [3.05, 3.63) is 0 Å². The molecule has 0 aromatic heterocycles. The molecule has 4 heteroatoms. The van der Waals surface area contributed by atoms with Crippen LogP contribution in [0.4, 0.5) is 0 Å². The molecule has 0 aliphatic heterocycles. The van der Waals surface area contributed by atoms with E-state index >= 15 is 0 Å². The zero-order chi connectivity index (χ0) is 16.7. The molecular weight excluding hydrogens is 408 g/mol. The number of alkyl halides is 2. The van der Waals surface area contributed by atoms with Crippen LogP contribution >= 0.6 is 31.9 Å². The molecule has 0 bridgehead atoms. The lowest BCUT2D eigenvalue weighted by molar-refractivity contribution is -0.137. The molecule has 132 valence electrons. The van der Waals surface area contributed by atoms with Gasteiger partial charge in [0.15, 0.2) is 3.23 Å². The van der Waals surface area contributed by atoms with Gasteiger partial charge in [0, 0.05) is 0 Å². The van der Waals surface area contributed by atoms with Crippen molar-refractivity contribution in [2.75, 3.05) is 0 Å². The molecule has 0 atom stereocenters. The average molecular weight is 442 g/mol. The van der Waals surface area contributed by atoms with Crippen LogP contribution in [0.15, 0.2) is 0 Å². The first-order chi connectivity index (χ1) is 10.5. The zero-order valence-corrected chi connectivity index (χ0v) is 17.4. The monoisotopic (exact) mass is 440 g/mol. The summed E-state index contributed by atoms with van der Waals surface area (Å²) in [5.74, 6) is -0.831. The van der Waals surface area contributed by atoms with Gasteiger partial charge in [-0.1, -0.05) is 129 Å². The van der Waals surface area contributed by atoms with Gasteiger partial charge in [-0.15, -0.1) is 0 Å². The molecule has 0 heterocycles. The molecule has 2 nitrogen and oxygen atoms in total. The van der Waals surface area contributed by atoms with Gasteiger partial charge in [-0.3, -0.25) is 0 Å². The van der Waals surface area contributed by atoms with Gasteiger partial charge >= 0.3 is 5.97 Å². The molecule has 0 spiro atoms. The Labute approximate surface area is 154 Å². The van der Waals surface area contributed by atoms with Gasteiger partial charge in [0.05, 0.1) is 0 Å². The third-order valence-corrected chi connectivity index (χ3v) is 5.63. The number of aliphatic carboxylic acids is 1. The molecule has 0 saturated carbocycles. The molecule has 0 radical (unpaired) electrons. The van der Waals surface area contributed by atoms with Crippen LogP contribution in [-0.4, -0.2) is 14.3 Å². The molecule has 0 aromatic rings. The fourth-order valence-corrected chi connectivity index (χ4v) is 3.21. The van der Waals surface area contributed by atoms with Crippen LogP contribution in [-0.2, 0) is 4.79 Å². The van der Waals surface area contributed by atoms with Gasteiger partial charge in [0.25, 0.3) is 0 Å². The molecule has 0 unspecified atom stereocenters. The van der Waals surface area contributed by atoms with Crippen LogP contribution in [0.5, 0.6) is 0 Å². The van der Waals surface area contributed by atoms with Crippen molar-refractivity contribution < 1.29 is 9.90 Å². The Morgan fingerprint density at radius 2 is 1.05 bits per heavy atom. The summed E-state index contributed by atoms with van der Waals surface area (Å²) < 4.78 is -0.920. The van der Waals surface area contributed by atoms with E-state index in [1.54, 1.807) is 0 Å². The molecule has 0 aliphatic carbocycles. The van der Waals surface area contributed by atoms with E-state index in [0.29, 0.717) is 6.42 Å². The summed E-state index contributed by atoms with van der Waals surface area (Å²) >= 11 is 6.40. The summed E-state index contributed by atoms with van der Waals surface area (Å²) in [4.78, 5) is 10.9. The van der Waals surface area contributed by atoms with Crippen molar-refractivity contribution in [3.63, 3.8) is 0 Å². The standard InChI is InChI=1S/C18H34Br2O2/c1-2-3-4-5-6-7-8-9-10-11-12-13-14-15-16-18(19,20)17(21)22/h2-16H2,1H3,(H,21,22). The van der Waals surface area contributed by atoms with Gasteiger partial charge in [-0.05, 0) is 6.42 Å². The Morgan fingerprint density at radius 3 is 1.36 bits per heavy atom. The number of hydrogen-bond acceptors (Lipinski definition) is 1. The van der Waals surface area contributed by atoms with Crippen LogP contribution < -0.4 is 0 Å². The highest BCUT2D eigenvalue weighted by Crippen LogP contribution is 2.32. The van der Waals surface area contributed by atoms with Crippen molar-refractivity contribution in [2.45, 2.75) is 106 Å². The van der Waals surface area contributed by atoms with Gasteiger partial charge in [-0.25, -0.2) is 4.79 Å². The normalized spacial score (nSPS) is 11.8. The van der Waals surface area contributed by atoms with E-state index in [-0.39, 0.29) is 0 Å². The van der Waals surface area contributed by atoms with E-state index in [4.69, 9.17) is 5.11 Å². The summed E-state index contributed by atoms with van der Waals surface area (Å²) in [7, 11) is 0. The highest BCUT2D eigenvalue weighted by Gasteiger charge is 2.30. The quantitative estimate of drug-likeness (QED) is 0.199. The summed E-state index contributed by atoms with van der Waals surface area (Å²) in [6.07, 6.45) is 19.2. The summed E-state index contributed by atoms with van der Waals surface area (Å²) in [5.41, 5.74) is 0. The number of carboxylic acid groups (broad SMARTS) is 1. The van der Waals surface area contributed by atoms with Crippen LogP contribution in [0.3, 0.4) is 0 Å². The molecule has 1 N–H and O–H groups in total. The van der Waals surface area contributed by atoms with Gasteiger partial charge in [0.1, 0.15) is 0 Å². The summed E-state index contributed by atoms with van der Waals surface area (Å²) in [6.45, 7) is 2.27. The Morgan fingerprint density at radius 1 is 0.727 bits per heavy atom. The second kappa shape index (κ2) is 15.0. The first-order valence-corrected chi connectivity index (χ1v) is 10.7. The highest BCUT2D eigenvalue weighted by molar-refractivity contribution is 9.25. The molecule has 0 saturated heterocycles.